The highest BCUT2D eigenvalue weighted by Crippen LogP contribution is 2.39. The molecule has 2 N–H and O–H groups in total. The summed E-state index contributed by atoms with van der Waals surface area (Å²) in [7, 11) is -4.24. The molecular weight excluding hydrogens is 354 g/mol. The van der Waals surface area contributed by atoms with E-state index in [-0.39, 0.29) is 16.7 Å². The molecule has 148 valence electrons. The Morgan fingerprint density at radius 2 is 1.48 bits per heavy atom. The number of carbonyl (C=O) groups excluding carboxylic acids is 1. The fourth-order valence-electron chi connectivity index (χ4n) is 1.63. The highest BCUT2D eigenvalue weighted by molar-refractivity contribution is 6.74. The van der Waals surface area contributed by atoms with Gasteiger partial charge in [-0.05, 0) is 36.3 Å². The Bertz CT molecular complexity index is 467. The van der Waals surface area contributed by atoms with E-state index in [1.54, 1.807) is 0 Å². The first-order valence-corrected chi connectivity index (χ1v) is 14.5. The fourth-order valence-corrected chi connectivity index (χ4v) is 3.97. The van der Waals surface area contributed by atoms with Gasteiger partial charge in [0.25, 0.3) is 0 Å². The molecule has 0 aliphatic rings. The van der Waals surface area contributed by atoms with Crippen LogP contribution in [0.2, 0.25) is 36.3 Å². The second kappa shape index (κ2) is 8.32. The van der Waals surface area contributed by atoms with Crippen LogP contribution in [0.1, 0.15) is 41.5 Å². The van der Waals surface area contributed by atoms with E-state index in [4.69, 9.17) is 14.0 Å². The van der Waals surface area contributed by atoms with Crippen LogP contribution in [-0.4, -0.2) is 52.9 Å². The lowest BCUT2D eigenvalue weighted by Gasteiger charge is -2.42. The first-order chi connectivity index (χ1) is 10.9. The molecule has 0 aromatic heterocycles. The van der Waals surface area contributed by atoms with Crippen molar-refractivity contribution < 1.29 is 23.5 Å². The van der Waals surface area contributed by atoms with E-state index in [1.807, 2.05) is 0 Å². The van der Waals surface area contributed by atoms with Gasteiger partial charge in [-0.25, -0.2) is 4.79 Å². The molecule has 0 unspecified atom stereocenters. The summed E-state index contributed by atoms with van der Waals surface area (Å²) in [5.41, 5.74) is 0. The standard InChI is InChI=1S/C17H37NO5Si2/c1-16(2,3)24(7,8)22-12-14(13(11-19)18-15(20)21)23-25(9,10)17(4,5)6/h11,13-14,18H,12H2,1-10H3,(H,20,21)/t13-,14+/m0/s1. The number of amides is 1. The van der Waals surface area contributed by atoms with Crippen molar-refractivity contribution in [2.45, 2.75) is 90.0 Å². The molecule has 0 rings (SSSR count). The zero-order chi connectivity index (χ0) is 20.3. The third-order valence-electron chi connectivity index (χ3n) is 5.50. The molecule has 0 aromatic rings. The SMILES string of the molecule is CC(C)(C)[Si](C)(C)OC[C@@H](O[Si](C)(C)C(C)(C)C)[C@H](C=O)NC(=O)O. The van der Waals surface area contributed by atoms with Crippen molar-refractivity contribution in [3.63, 3.8) is 0 Å². The summed E-state index contributed by atoms with van der Waals surface area (Å²) in [5, 5.41) is 11.3. The number of nitrogens with one attached hydrogen (secondary N) is 1. The Labute approximate surface area is 154 Å². The van der Waals surface area contributed by atoms with E-state index in [2.05, 4.69) is 73.0 Å². The van der Waals surface area contributed by atoms with Crippen molar-refractivity contribution in [3.05, 3.63) is 0 Å². The minimum absolute atomic E-state index is 0.0193. The molecule has 0 spiro atoms. The quantitative estimate of drug-likeness (QED) is 0.477. The second-order valence-corrected chi connectivity index (χ2v) is 19.2. The molecule has 2 atom stereocenters. The van der Waals surface area contributed by atoms with Gasteiger partial charge in [-0.1, -0.05) is 41.5 Å². The molecule has 0 aliphatic carbocycles. The van der Waals surface area contributed by atoms with Gasteiger partial charge in [0.1, 0.15) is 12.3 Å². The molecule has 25 heavy (non-hydrogen) atoms. The number of carbonyl (C=O) groups is 2. The van der Waals surface area contributed by atoms with Crippen molar-refractivity contribution in [2.24, 2.45) is 0 Å². The van der Waals surface area contributed by atoms with Crippen molar-refractivity contribution >= 4 is 29.0 Å². The lowest BCUT2D eigenvalue weighted by molar-refractivity contribution is -0.112. The highest BCUT2D eigenvalue weighted by Gasteiger charge is 2.43. The molecular formula is C17H37NO5Si2. The molecule has 0 bridgehead atoms. The molecule has 0 radical (unpaired) electrons. The minimum Gasteiger partial charge on any atom is -0.465 e. The molecule has 0 aromatic carbocycles. The van der Waals surface area contributed by atoms with E-state index < -0.39 is 34.9 Å². The average molecular weight is 392 g/mol. The van der Waals surface area contributed by atoms with Gasteiger partial charge in [-0.3, -0.25) is 0 Å². The van der Waals surface area contributed by atoms with Crippen molar-refractivity contribution in [2.75, 3.05) is 6.61 Å². The van der Waals surface area contributed by atoms with Crippen LogP contribution < -0.4 is 5.32 Å². The number of hydrogen-bond donors (Lipinski definition) is 2. The van der Waals surface area contributed by atoms with Crippen LogP contribution in [-0.2, 0) is 13.6 Å². The first kappa shape index (κ1) is 24.3. The summed E-state index contributed by atoms with van der Waals surface area (Å²) < 4.78 is 12.6. The van der Waals surface area contributed by atoms with Gasteiger partial charge in [0.15, 0.2) is 16.6 Å². The third kappa shape index (κ3) is 7.20. The summed E-state index contributed by atoms with van der Waals surface area (Å²) in [6.07, 6.45) is -1.28. The van der Waals surface area contributed by atoms with Gasteiger partial charge < -0.3 is 24.1 Å². The van der Waals surface area contributed by atoms with Crippen LogP contribution in [0.5, 0.6) is 0 Å². The molecule has 0 fully saturated rings. The van der Waals surface area contributed by atoms with Crippen molar-refractivity contribution in [1.29, 1.82) is 0 Å². The zero-order valence-electron chi connectivity index (χ0n) is 17.5. The topological polar surface area (TPSA) is 84.9 Å². The van der Waals surface area contributed by atoms with Gasteiger partial charge in [-0.2, -0.15) is 0 Å². The molecule has 1 amide bonds. The van der Waals surface area contributed by atoms with E-state index >= 15 is 0 Å². The lowest BCUT2D eigenvalue weighted by atomic mass is 10.2. The predicted octanol–water partition coefficient (Wildman–Crippen LogP) is 4.23. The summed E-state index contributed by atoms with van der Waals surface area (Å²) in [4.78, 5) is 22.6. The molecule has 0 aliphatic heterocycles. The maximum Gasteiger partial charge on any atom is 0.405 e. The Balaban J connectivity index is 5.47. The summed E-state index contributed by atoms with van der Waals surface area (Å²) in [6.45, 7) is 21.3. The van der Waals surface area contributed by atoms with Gasteiger partial charge >= 0.3 is 6.09 Å². The van der Waals surface area contributed by atoms with Crippen molar-refractivity contribution in [1.82, 2.24) is 5.32 Å². The monoisotopic (exact) mass is 391 g/mol. The van der Waals surface area contributed by atoms with E-state index in [1.165, 1.54) is 0 Å². The van der Waals surface area contributed by atoms with Crippen LogP contribution in [0, 0.1) is 0 Å². The maximum atomic E-state index is 11.5. The van der Waals surface area contributed by atoms with E-state index in [0.717, 1.165) is 0 Å². The summed E-state index contributed by atoms with van der Waals surface area (Å²) in [6, 6.07) is -0.948. The van der Waals surface area contributed by atoms with Crippen LogP contribution in [0.3, 0.4) is 0 Å². The molecule has 8 heteroatoms. The molecule has 0 saturated heterocycles. The molecule has 0 saturated carbocycles. The largest absolute Gasteiger partial charge is 0.465 e. The molecule has 6 nitrogen and oxygen atoms in total. The van der Waals surface area contributed by atoms with Crippen LogP contribution in [0.15, 0.2) is 0 Å². The Morgan fingerprint density at radius 3 is 1.80 bits per heavy atom. The normalized spacial score (nSPS) is 16.2. The minimum atomic E-state index is -2.20. The first-order valence-electron chi connectivity index (χ1n) is 8.71. The third-order valence-corrected chi connectivity index (χ3v) is 14.5. The van der Waals surface area contributed by atoms with Crippen molar-refractivity contribution in [3.8, 4) is 0 Å². The van der Waals surface area contributed by atoms with Gasteiger partial charge in [0, 0.05) is 0 Å². The highest BCUT2D eigenvalue weighted by atomic mass is 28.4. The Kier molecular flexibility index (Phi) is 8.09. The Morgan fingerprint density at radius 1 is 1.04 bits per heavy atom. The fraction of sp³-hybridized carbons (Fsp3) is 0.882. The summed E-state index contributed by atoms with van der Waals surface area (Å²) in [5.74, 6) is 0. The van der Waals surface area contributed by atoms with E-state index in [0.29, 0.717) is 6.29 Å². The van der Waals surface area contributed by atoms with Crippen LogP contribution in [0.4, 0.5) is 4.79 Å². The number of aldehydes is 1. The predicted molar refractivity (Wildman–Crippen MR) is 106 cm³/mol. The van der Waals surface area contributed by atoms with E-state index in [9.17, 15) is 9.59 Å². The molecule has 0 heterocycles. The maximum absolute atomic E-state index is 11.5. The Hall–Kier alpha value is -0.706. The van der Waals surface area contributed by atoms with Gasteiger partial charge in [0.2, 0.25) is 0 Å². The average Bonchev–Trinajstić information content (AvgIpc) is 2.38. The second-order valence-electron chi connectivity index (χ2n) is 9.60. The van der Waals surface area contributed by atoms with Gasteiger partial charge in [-0.15, -0.1) is 0 Å². The number of carboxylic acid groups (broad SMARTS) is 1. The number of hydrogen-bond acceptors (Lipinski definition) is 4. The van der Waals surface area contributed by atoms with Crippen LogP contribution in [0.25, 0.3) is 0 Å². The summed E-state index contributed by atoms with van der Waals surface area (Å²) >= 11 is 0. The van der Waals surface area contributed by atoms with Crippen LogP contribution >= 0.6 is 0 Å². The lowest BCUT2D eigenvalue weighted by Crippen LogP contribution is -2.55. The van der Waals surface area contributed by atoms with Gasteiger partial charge in [0.05, 0.1) is 12.7 Å². The smallest absolute Gasteiger partial charge is 0.405 e. The zero-order valence-corrected chi connectivity index (χ0v) is 19.5. The number of rotatable bonds is 8.